The number of rotatable bonds is 0. The van der Waals surface area contributed by atoms with Gasteiger partial charge in [0.2, 0.25) is 0 Å². The first-order valence-electron chi connectivity index (χ1n) is 4.62. The number of aromatic nitrogens is 3. The van der Waals surface area contributed by atoms with Gasteiger partial charge in [-0.1, -0.05) is 36.6 Å². The first-order valence-corrected chi connectivity index (χ1v) is 4.62. The van der Waals surface area contributed by atoms with E-state index in [9.17, 15) is 0 Å². The zero-order valence-electron chi connectivity index (χ0n) is 7.87. The van der Waals surface area contributed by atoms with Crippen LogP contribution >= 0.6 is 0 Å². The maximum absolute atomic E-state index is 4.11. The van der Waals surface area contributed by atoms with Crippen LogP contribution in [0.4, 0.5) is 0 Å². The molecule has 2 rings (SSSR count). The van der Waals surface area contributed by atoms with Crippen molar-refractivity contribution in [3.8, 4) is 0 Å². The molecule has 0 fully saturated rings. The normalized spacial score (nSPS) is 16.6. The molecule has 0 amide bonds. The zero-order chi connectivity index (χ0) is 8.39. The largest absolute Gasteiger partial charge is 0.385 e. The molecule has 0 spiro atoms. The van der Waals surface area contributed by atoms with Crippen molar-refractivity contribution in [2.75, 3.05) is 0 Å². The Labute approximate surface area is 104 Å². The molecule has 0 aromatic carbocycles. The van der Waals surface area contributed by atoms with E-state index >= 15 is 0 Å². The van der Waals surface area contributed by atoms with E-state index in [1.165, 1.54) is 37.1 Å². The zero-order valence-corrected chi connectivity index (χ0v) is 10.7. The average molecular weight is 253 g/mol. The second-order valence-electron chi connectivity index (χ2n) is 3.40. The molecular weight excluding hydrogens is 239 g/mol. The molecule has 1 aliphatic carbocycles. The van der Waals surface area contributed by atoms with Gasteiger partial charge in [0.1, 0.15) is 0 Å². The van der Waals surface area contributed by atoms with Crippen LogP contribution in [0.3, 0.4) is 0 Å². The Hall–Kier alpha value is 0.114. The number of fused-ring (bicyclic) bond motifs is 1. The standard InChI is InChI=1S/C9H14N3.Y/c1-12-9-7-5-3-2-4-6-8(9)10-11-12;/h1-7H2;/q-1;. The molecule has 3 nitrogen and oxygen atoms in total. The van der Waals surface area contributed by atoms with Crippen LogP contribution in [0.5, 0.6) is 0 Å². The van der Waals surface area contributed by atoms with Gasteiger partial charge >= 0.3 is 0 Å². The minimum Gasteiger partial charge on any atom is -0.385 e. The molecule has 13 heavy (non-hydrogen) atoms. The maximum atomic E-state index is 4.11. The van der Waals surface area contributed by atoms with Gasteiger partial charge in [0.25, 0.3) is 0 Å². The Morgan fingerprint density at radius 2 is 1.77 bits per heavy atom. The number of hydrogen-bond acceptors (Lipinski definition) is 2. The smallest absolute Gasteiger partial charge is 0.00500 e. The Balaban J connectivity index is 0.000000845. The maximum Gasteiger partial charge on any atom is 0.00500 e. The van der Waals surface area contributed by atoms with E-state index in [0.29, 0.717) is 0 Å². The molecule has 1 radical (unpaired) electrons. The second kappa shape index (κ2) is 5.11. The topological polar surface area (TPSA) is 30.7 Å². The van der Waals surface area contributed by atoms with Crippen molar-refractivity contribution in [2.24, 2.45) is 0 Å². The fourth-order valence-corrected chi connectivity index (χ4v) is 1.77. The second-order valence-corrected chi connectivity index (χ2v) is 3.40. The van der Waals surface area contributed by atoms with Crippen molar-refractivity contribution in [3.05, 3.63) is 18.4 Å². The van der Waals surface area contributed by atoms with E-state index in [4.69, 9.17) is 0 Å². The minimum absolute atomic E-state index is 0. The Morgan fingerprint density at radius 1 is 1.08 bits per heavy atom. The number of aryl methyl sites for hydroxylation is 1. The monoisotopic (exact) mass is 253 g/mol. The summed E-state index contributed by atoms with van der Waals surface area (Å²) in [4.78, 5) is 0. The predicted molar refractivity (Wildman–Crippen MR) is 46.7 cm³/mol. The first-order chi connectivity index (χ1) is 5.88. The van der Waals surface area contributed by atoms with Crippen LogP contribution in [0.15, 0.2) is 0 Å². The summed E-state index contributed by atoms with van der Waals surface area (Å²) >= 11 is 0. The quantitative estimate of drug-likeness (QED) is 0.657. The van der Waals surface area contributed by atoms with Gasteiger partial charge in [0.05, 0.1) is 0 Å². The van der Waals surface area contributed by atoms with Gasteiger partial charge in [-0.2, -0.15) is 12.1 Å². The molecule has 0 bridgehead atoms. The third kappa shape index (κ3) is 2.53. The van der Waals surface area contributed by atoms with Crippen molar-refractivity contribution < 1.29 is 32.7 Å². The van der Waals surface area contributed by atoms with Gasteiger partial charge in [-0.05, 0) is 12.8 Å². The molecule has 1 aliphatic rings. The molecule has 0 saturated carbocycles. The van der Waals surface area contributed by atoms with E-state index < -0.39 is 0 Å². The summed E-state index contributed by atoms with van der Waals surface area (Å²) in [7, 11) is 3.81. The van der Waals surface area contributed by atoms with Gasteiger partial charge in [-0.25, -0.2) is 0 Å². The van der Waals surface area contributed by atoms with E-state index in [-0.39, 0.29) is 32.7 Å². The summed E-state index contributed by atoms with van der Waals surface area (Å²) in [6.07, 6.45) is 7.38. The van der Waals surface area contributed by atoms with Gasteiger partial charge in [0.15, 0.2) is 0 Å². The van der Waals surface area contributed by atoms with Crippen molar-refractivity contribution >= 4 is 0 Å². The van der Waals surface area contributed by atoms with Gasteiger partial charge in [0, 0.05) is 38.4 Å². The third-order valence-electron chi connectivity index (χ3n) is 2.50. The molecule has 1 aromatic rings. The van der Waals surface area contributed by atoms with Gasteiger partial charge in [-0.15, -0.1) is 0 Å². The number of hydrogen-bond donors (Lipinski definition) is 0. The van der Waals surface area contributed by atoms with Crippen LogP contribution < -0.4 is 0 Å². The van der Waals surface area contributed by atoms with Crippen LogP contribution in [0.1, 0.15) is 37.1 Å². The molecule has 0 unspecified atom stereocenters. The summed E-state index contributed by atoms with van der Waals surface area (Å²) in [5.41, 5.74) is 2.42. The summed E-state index contributed by atoms with van der Waals surface area (Å²) in [5, 5.41) is 8.05. The van der Waals surface area contributed by atoms with Crippen LogP contribution in [-0.2, 0) is 45.6 Å². The van der Waals surface area contributed by atoms with Crippen LogP contribution in [0, 0.1) is 7.05 Å². The predicted octanol–water partition coefficient (Wildman–Crippen LogP) is 1.57. The summed E-state index contributed by atoms with van der Waals surface area (Å²) in [6, 6.07) is 0. The summed E-state index contributed by atoms with van der Waals surface area (Å²) in [6.45, 7) is 0. The fraction of sp³-hybridized carbons (Fsp3) is 0.667. The number of nitrogens with zero attached hydrogens (tertiary/aromatic N) is 3. The van der Waals surface area contributed by atoms with Crippen LogP contribution in [-0.4, -0.2) is 15.0 Å². The van der Waals surface area contributed by atoms with Crippen LogP contribution in [0.2, 0.25) is 0 Å². The third-order valence-corrected chi connectivity index (χ3v) is 2.50. The van der Waals surface area contributed by atoms with E-state index in [2.05, 4.69) is 17.4 Å². The van der Waals surface area contributed by atoms with Crippen molar-refractivity contribution in [1.29, 1.82) is 0 Å². The van der Waals surface area contributed by atoms with Crippen molar-refractivity contribution in [1.82, 2.24) is 15.0 Å². The van der Waals surface area contributed by atoms with E-state index in [0.717, 1.165) is 12.8 Å². The van der Waals surface area contributed by atoms with E-state index in [1.54, 1.807) is 4.68 Å². The Kier molecular flexibility index (Phi) is 4.40. The van der Waals surface area contributed by atoms with Crippen molar-refractivity contribution in [2.45, 2.75) is 38.5 Å². The molecule has 1 aromatic heterocycles. The van der Waals surface area contributed by atoms with E-state index in [1.807, 2.05) is 0 Å². The molecule has 0 atom stereocenters. The fourth-order valence-electron chi connectivity index (χ4n) is 1.77. The van der Waals surface area contributed by atoms with Gasteiger partial charge in [-0.3, -0.25) is 0 Å². The molecule has 0 N–H and O–H groups in total. The molecule has 4 heteroatoms. The average Bonchev–Trinajstić information content (AvgIpc) is 2.31. The first kappa shape index (κ1) is 11.2. The SMILES string of the molecule is [CH2-]n1nnc2c1CCCCCC2.[Y]. The molecular formula is C9H14N3Y-. The molecule has 69 valence electrons. The molecule has 1 heterocycles. The summed E-state index contributed by atoms with van der Waals surface area (Å²) < 4.78 is 1.68. The van der Waals surface area contributed by atoms with Crippen LogP contribution in [0.25, 0.3) is 0 Å². The summed E-state index contributed by atoms with van der Waals surface area (Å²) in [5.74, 6) is 0. The van der Waals surface area contributed by atoms with Gasteiger partial charge < -0.3 is 4.68 Å². The molecule has 0 saturated heterocycles. The minimum atomic E-state index is 0. The Bertz CT molecular complexity index is 270. The Morgan fingerprint density at radius 3 is 2.54 bits per heavy atom. The van der Waals surface area contributed by atoms with Crippen molar-refractivity contribution in [3.63, 3.8) is 0 Å². The molecule has 0 aliphatic heterocycles.